The first kappa shape index (κ1) is 26.8. The van der Waals surface area contributed by atoms with E-state index in [1.54, 1.807) is 0 Å². The predicted octanol–water partition coefficient (Wildman–Crippen LogP) is 3.91. The van der Waals surface area contributed by atoms with Crippen LogP contribution in [0.2, 0.25) is 0 Å². The Kier molecular flexibility index (Phi) is 11.1. The van der Waals surface area contributed by atoms with Gasteiger partial charge in [-0.25, -0.2) is 4.57 Å². The highest BCUT2D eigenvalue weighted by Crippen LogP contribution is 2.60. The lowest BCUT2D eigenvalue weighted by Gasteiger charge is -2.34. The summed E-state index contributed by atoms with van der Waals surface area (Å²) in [6.45, 7) is 0. The summed E-state index contributed by atoms with van der Waals surface area (Å²) in [4.78, 5) is 22.4. The predicted molar refractivity (Wildman–Crippen MR) is 116 cm³/mol. The third-order valence-corrected chi connectivity index (χ3v) is 11.4. The van der Waals surface area contributed by atoms with Crippen molar-refractivity contribution in [2.24, 2.45) is 11.8 Å². The number of phosphoric ester groups is 1. The molecule has 0 N–H and O–H groups in total. The van der Waals surface area contributed by atoms with E-state index >= 15 is 0 Å². The molecule has 0 saturated heterocycles. The molecule has 166 valence electrons. The molecule has 0 heterocycles. The van der Waals surface area contributed by atoms with Crippen LogP contribution in [0, 0.1) is 11.8 Å². The Morgan fingerprint density at radius 2 is 1.90 bits per heavy atom. The van der Waals surface area contributed by atoms with Crippen LogP contribution in [0.25, 0.3) is 0 Å². The maximum atomic E-state index is 11.7. The van der Waals surface area contributed by atoms with Crippen molar-refractivity contribution in [3.8, 4) is 0 Å². The quantitative estimate of drug-likeness (QED) is 0.246. The summed E-state index contributed by atoms with van der Waals surface area (Å²) in [5.41, 5.74) is -2.40. The van der Waals surface area contributed by atoms with E-state index in [9.17, 15) is 14.2 Å². The number of nitrogens with zero attached hydrogens (tertiary/aromatic N) is 1. The van der Waals surface area contributed by atoms with Crippen molar-refractivity contribution in [1.29, 1.82) is 0 Å². The standard InChI is InChI=1S/C9H12ClO4P.C6H12NO4PS2/c1-12-15(11,13-2)14-9-7-5-3-4-6(7)8(9)10;1-7(5-8)6(9)4-14-12(13,10-2)11-3/h3-4,6-7H,5H2,1-2H3;5H,4H2,1-3H3. The number of hydrogen-bond acceptors (Lipinski definition) is 10. The number of imide groups is 1. The number of amides is 2. The van der Waals surface area contributed by atoms with Crippen LogP contribution in [0.3, 0.4) is 0 Å². The summed E-state index contributed by atoms with van der Waals surface area (Å²) in [6, 6.07) is 0. The van der Waals surface area contributed by atoms with Crippen molar-refractivity contribution in [2.75, 3.05) is 41.2 Å². The zero-order valence-electron chi connectivity index (χ0n) is 16.6. The lowest BCUT2D eigenvalue weighted by Crippen LogP contribution is -2.26. The van der Waals surface area contributed by atoms with Crippen molar-refractivity contribution < 1.29 is 36.8 Å². The zero-order valence-corrected chi connectivity index (χ0v) is 20.8. The van der Waals surface area contributed by atoms with Gasteiger partial charge in [-0.1, -0.05) is 35.1 Å². The van der Waals surface area contributed by atoms with Crippen molar-refractivity contribution in [3.63, 3.8) is 0 Å². The van der Waals surface area contributed by atoms with E-state index < -0.39 is 13.5 Å². The number of fused-ring (bicyclic) bond motifs is 1. The molecule has 2 amide bonds. The molecule has 0 aliphatic heterocycles. The average molecular weight is 508 g/mol. The monoisotopic (exact) mass is 507 g/mol. The lowest BCUT2D eigenvalue weighted by molar-refractivity contribution is -0.134. The molecule has 29 heavy (non-hydrogen) atoms. The van der Waals surface area contributed by atoms with Gasteiger partial charge < -0.3 is 13.6 Å². The molecule has 0 fully saturated rings. The summed E-state index contributed by atoms with van der Waals surface area (Å²) in [6.07, 6.45) is 5.39. The van der Waals surface area contributed by atoms with Crippen LogP contribution in [0.1, 0.15) is 6.42 Å². The summed E-state index contributed by atoms with van der Waals surface area (Å²) >= 11 is 12.1. The first-order valence-corrected chi connectivity index (χ1v) is 14.2. The minimum Gasteiger partial charge on any atom is -0.407 e. The molecule has 0 aromatic carbocycles. The third kappa shape index (κ3) is 7.16. The van der Waals surface area contributed by atoms with Crippen LogP contribution >= 0.6 is 36.5 Å². The molecular formula is C15H24ClNO8P2S2. The van der Waals surface area contributed by atoms with E-state index in [0.717, 1.165) is 22.7 Å². The number of halogens is 1. The maximum Gasteiger partial charge on any atom is 0.529 e. The largest absolute Gasteiger partial charge is 0.529 e. The first-order chi connectivity index (χ1) is 13.6. The van der Waals surface area contributed by atoms with E-state index in [1.807, 2.05) is 12.2 Å². The average Bonchev–Trinajstić information content (AvgIpc) is 3.20. The van der Waals surface area contributed by atoms with Crippen LogP contribution in [-0.4, -0.2) is 58.5 Å². The van der Waals surface area contributed by atoms with Gasteiger partial charge in [-0.3, -0.25) is 23.5 Å². The second kappa shape index (κ2) is 12.0. The number of phosphoric acid groups is 1. The summed E-state index contributed by atoms with van der Waals surface area (Å²) in [7, 11) is 3.36. The second-order valence-electron chi connectivity index (χ2n) is 5.61. The molecule has 0 radical (unpaired) electrons. The number of carbonyl (C=O) groups is 2. The van der Waals surface area contributed by atoms with Gasteiger partial charge in [0.15, 0.2) is 0 Å². The van der Waals surface area contributed by atoms with Crippen molar-refractivity contribution in [2.45, 2.75) is 6.42 Å². The number of carbonyl (C=O) groups excluding carboxylic acids is 2. The smallest absolute Gasteiger partial charge is 0.407 e. The Hall–Kier alpha value is -0.220. The molecule has 0 spiro atoms. The number of allylic oxidation sites excluding steroid dienone is 4. The maximum absolute atomic E-state index is 11.7. The van der Waals surface area contributed by atoms with Crippen LogP contribution in [0.4, 0.5) is 0 Å². The topological polar surface area (TPSA) is 101 Å². The Morgan fingerprint density at radius 1 is 1.31 bits per heavy atom. The van der Waals surface area contributed by atoms with Crippen LogP contribution < -0.4 is 0 Å². The van der Waals surface area contributed by atoms with Gasteiger partial charge in [0.2, 0.25) is 18.0 Å². The van der Waals surface area contributed by atoms with Gasteiger partial charge in [0.25, 0.3) is 0 Å². The van der Waals surface area contributed by atoms with Gasteiger partial charge in [-0.05, 0) is 18.2 Å². The molecule has 14 heteroatoms. The molecule has 0 bridgehead atoms. The molecule has 2 aliphatic rings. The highest BCUT2D eigenvalue weighted by molar-refractivity contribution is 8.68. The van der Waals surface area contributed by atoms with E-state index in [1.165, 1.54) is 35.5 Å². The number of rotatable bonds is 10. The van der Waals surface area contributed by atoms with Crippen molar-refractivity contribution >= 4 is 60.6 Å². The first-order valence-electron chi connectivity index (χ1n) is 8.14. The zero-order chi connectivity index (χ0) is 22.2. The fourth-order valence-electron chi connectivity index (χ4n) is 2.28. The third-order valence-electron chi connectivity index (χ3n) is 4.03. The Balaban J connectivity index is 0.000000291. The minimum absolute atomic E-state index is 0.0776. The summed E-state index contributed by atoms with van der Waals surface area (Å²) < 4.78 is 36.2. The summed E-state index contributed by atoms with van der Waals surface area (Å²) in [5.74, 6) is 0.723. The van der Waals surface area contributed by atoms with E-state index in [0.29, 0.717) is 17.2 Å². The van der Waals surface area contributed by atoms with E-state index in [2.05, 4.69) is 9.05 Å². The molecule has 2 aliphatic carbocycles. The normalized spacial score (nSPS) is 20.3. The van der Waals surface area contributed by atoms with E-state index in [-0.39, 0.29) is 23.5 Å². The van der Waals surface area contributed by atoms with Gasteiger partial charge in [0, 0.05) is 47.3 Å². The highest BCUT2D eigenvalue weighted by atomic mass is 35.5. The SMILES string of the molecule is COP(=O)(OC)OC1=C(Cl)C2C=CCC12.COP(=S)(OC)SCC(=O)N(C)C=O. The second-order valence-corrected chi connectivity index (χ2v) is 14.3. The molecule has 9 nitrogen and oxygen atoms in total. The fourth-order valence-corrected chi connectivity index (χ4v) is 6.26. The molecule has 0 aromatic heterocycles. The van der Waals surface area contributed by atoms with Crippen molar-refractivity contribution in [3.05, 3.63) is 22.9 Å². The van der Waals surface area contributed by atoms with Gasteiger partial charge in [0.1, 0.15) is 5.76 Å². The number of hydrogen-bond donors (Lipinski definition) is 0. The molecule has 0 saturated carbocycles. The molecule has 2 rings (SSSR count). The van der Waals surface area contributed by atoms with Crippen LogP contribution in [0.5, 0.6) is 0 Å². The highest BCUT2D eigenvalue weighted by Gasteiger charge is 2.45. The van der Waals surface area contributed by atoms with Gasteiger partial charge >= 0.3 is 7.82 Å². The minimum atomic E-state index is -3.46. The Bertz CT molecular complexity index is 747. The molecule has 2 unspecified atom stereocenters. The van der Waals surface area contributed by atoms with Crippen LogP contribution in [0.15, 0.2) is 22.9 Å². The van der Waals surface area contributed by atoms with Gasteiger partial charge in [0.05, 0.1) is 10.8 Å². The molecule has 0 aromatic rings. The van der Waals surface area contributed by atoms with Gasteiger partial charge in [-0.2, -0.15) is 0 Å². The van der Waals surface area contributed by atoms with Crippen LogP contribution in [-0.2, 0) is 48.6 Å². The van der Waals surface area contributed by atoms with Gasteiger partial charge in [-0.15, -0.1) is 0 Å². The fraction of sp³-hybridized carbons (Fsp3) is 0.600. The molecular weight excluding hydrogens is 484 g/mol. The Labute approximate surface area is 184 Å². The molecule has 2 atom stereocenters. The van der Waals surface area contributed by atoms with Crippen molar-refractivity contribution in [1.82, 2.24) is 4.90 Å². The van der Waals surface area contributed by atoms with E-state index in [4.69, 9.17) is 37.0 Å². The Morgan fingerprint density at radius 3 is 2.38 bits per heavy atom. The summed E-state index contributed by atoms with van der Waals surface area (Å²) in [5, 5.41) is 0.600. The lowest BCUT2D eigenvalue weighted by atomic mass is 9.82.